The van der Waals surface area contributed by atoms with Crippen molar-refractivity contribution >= 4 is 11.7 Å². The number of primary amides is 1. The molecule has 0 aliphatic heterocycles. The fourth-order valence-electron chi connectivity index (χ4n) is 1.32. The number of nitrogens with one attached hydrogen (secondary N) is 1. The van der Waals surface area contributed by atoms with Gasteiger partial charge in [0.1, 0.15) is 11.5 Å². The van der Waals surface area contributed by atoms with Crippen LogP contribution >= 0.6 is 0 Å². The molecule has 1 aromatic heterocycles. The largest absolute Gasteiger partial charge is 0.433 e. The first kappa shape index (κ1) is 16.2. The minimum Gasteiger partial charge on any atom is -0.377 e. The molecule has 0 fully saturated rings. The summed E-state index contributed by atoms with van der Waals surface area (Å²) in [5, 5.41) is 2.66. The van der Waals surface area contributed by atoms with Gasteiger partial charge in [-0.05, 0) is 26.0 Å². The van der Waals surface area contributed by atoms with Crippen LogP contribution in [0.2, 0.25) is 0 Å². The third-order valence-electron chi connectivity index (χ3n) is 2.69. The predicted octanol–water partition coefficient (Wildman–Crippen LogP) is 2.04. The Morgan fingerprint density at radius 2 is 2.00 bits per heavy atom. The molecule has 0 bridgehead atoms. The molecule has 0 aliphatic carbocycles. The topological polar surface area (TPSA) is 77.2 Å². The molecule has 1 heterocycles. The van der Waals surface area contributed by atoms with Gasteiger partial charge in [-0.2, -0.15) is 13.2 Å². The predicted molar refractivity (Wildman–Crippen MR) is 67.3 cm³/mol. The lowest BCUT2D eigenvalue weighted by Gasteiger charge is -2.24. The van der Waals surface area contributed by atoms with E-state index in [1.54, 1.807) is 13.8 Å². The molecule has 5 nitrogen and oxygen atoms in total. The molecule has 20 heavy (non-hydrogen) atoms. The Morgan fingerprint density at radius 1 is 1.40 bits per heavy atom. The summed E-state index contributed by atoms with van der Waals surface area (Å²) < 4.78 is 43.0. The van der Waals surface area contributed by atoms with Crippen LogP contribution < -0.4 is 11.1 Å². The smallest absolute Gasteiger partial charge is 0.377 e. The molecule has 1 rings (SSSR count). The Labute approximate surface area is 114 Å². The van der Waals surface area contributed by atoms with Gasteiger partial charge in [0, 0.05) is 13.7 Å². The van der Waals surface area contributed by atoms with Gasteiger partial charge in [-0.3, -0.25) is 4.79 Å². The van der Waals surface area contributed by atoms with Crippen LogP contribution in [0.3, 0.4) is 0 Å². The summed E-state index contributed by atoms with van der Waals surface area (Å²) in [5.74, 6) is -1.07. The SMILES string of the molecule is COC(C)(C)CNc1nc(C(F)(F)F)ccc1C(N)=O. The summed E-state index contributed by atoms with van der Waals surface area (Å²) >= 11 is 0. The Morgan fingerprint density at radius 3 is 2.45 bits per heavy atom. The molecule has 8 heteroatoms. The lowest BCUT2D eigenvalue weighted by Crippen LogP contribution is -2.33. The molecule has 1 aromatic rings. The molecule has 0 saturated heterocycles. The monoisotopic (exact) mass is 291 g/mol. The van der Waals surface area contributed by atoms with Gasteiger partial charge in [0.25, 0.3) is 5.91 Å². The normalized spacial score (nSPS) is 12.3. The van der Waals surface area contributed by atoms with E-state index in [4.69, 9.17) is 10.5 Å². The van der Waals surface area contributed by atoms with Crippen molar-refractivity contribution in [2.45, 2.75) is 25.6 Å². The van der Waals surface area contributed by atoms with Crippen molar-refractivity contribution in [3.63, 3.8) is 0 Å². The van der Waals surface area contributed by atoms with E-state index in [-0.39, 0.29) is 17.9 Å². The van der Waals surface area contributed by atoms with Gasteiger partial charge >= 0.3 is 6.18 Å². The van der Waals surface area contributed by atoms with Gasteiger partial charge in [0.2, 0.25) is 0 Å². The Bertz CT molecular complexity index is 501. The quantitative estimate of drug-likeness (QED) is 0.870. The number of carbonyl (C=O) groups is 1. The molecule has 1 amide bonds. The van der Waals surface area contributed by atoms with Crippen LogP contribution in [0.1, 0.15) is 29.9 Å². The maximum absolute atomic E-state index is 12.6. The van der Waals surface area contributed by atoms with E-state index in [0.29, 0.717) is 6.07 Å². The number of carbonyl (C=O) groups excluding carboxylic acids is 1. The minimum atomic E-state index is -4.59. The standard InChI is InChI=1S/C12H16F3N3O2/c1-11(2,20-3)6-17-10-7(9(16)19)4-5-8(18-10)12(13,14)15/h4-5H,6H2,1-3H3,(H2,16,19)(H,17,18). The van der Waals surface area contributed by atoms with Crippen molar-refractivity contribution < 1.29 is 22.7 Å². The summed E-state index contributed by atoms with van der Waals surface area (Å²) in [5.41, 5.74) is 3.28. The lowest BCUT2D eigenvalue weighted by atomic mass is 10.1. The maximum Gasteiger partial charge on any atom is 0.433 e. The van der Waals surface area contributed by atoms with Crippen LogP contribution in [-0.2, 0) is 10.9 Å². The zero-order valence-electron chi connectivity index (χ0n) is 11.3. The highest BCUT2D eigenvalue weighted by atomic mass is 19.4. The van der Waals surface area contributed by atoms with Crippen molar-refractivity contribution in [3.05, 3.63) is 23.4 Å². The highest BCUT2D eigenvalue weighted by Gasteiger charge is 2.33. The number of nitrogens with two attached hydrogens (primary N) is 1. The highest BCUT2D eigenvalue weighted by Crippen LogP contribution is 2.29. The highest BCUT2D eigenvalue weighted by molar-refractivity contribution is 5.97. The first-order valence-electron chi connectivity index (χ1n) is 5.74. The Kier molecular flexibility index (Phi) is 4.59. The third kappa shape index (κ3) is 4.09. The van der Waals surface area contributed by atoms with Crippen molar-refractivity contribution in [1.29, 1.82) is 0 Å². The van der Waals surface area contributed by atoms with Crippen LogP contribution in [0.4, 0.5) is 19.0 Å². The van der Waals surface area contributed by atoms with Crippen molar-refractivity contribution in [3.8, 4) is 0 Å². The molecule has 3 N–H and O–H groups in total. The number of halogens is 3. The van der Waals surface area contributed by atoms with Crippen LogP contribution in [0.5, 0.6) is 0 Å². The van der Waals surface area contributed by atoms with Gasteiger partial charge < -0.3 is 15.8 Å². The van der Waals surface area contributed by atoms with Crippen LogP contribution in [0, 0.1) is 0 Å². The lowest BCUT2D eigenvalue weighted by molar-refractivity contribution is -0.141. The second kappa shape index (κ2) is 5.66. The molecule has 0 spiro atoms. The first-order chi connectivity index (χ1) is 9.07. The maximum atomic E-state index is 12.6. The summed E-state index contributed by atoms with van der Waals surface area (Å²) in [4.78, 5) is 14.6. The summed E-state index contributed by atoms with van der Waals surface area (Å²) in [6, 6.07) is 1.72. The van der Waals surface area contributed by atoms with E-state index in [2.05, 4.69) is 10.3 Å². The van der Waals surface area contributed by atoms with Crippen LogP contribution in [-0.4, -0.2) is 30.1 Å². The zero-order valence-corrected chi connectivity index (χ0v) is 11.3. The zero-order chi connectivity index (χ0) is 15.6. The Hall–Kier alpha value is -1.83. The number of hydrogen-bond donors (Lipinski definition) is 2. The van der Waals surface area contributed by atoms with Crippen LogP contribution in [0.25, 0.3) is 0 Å². The second-order valence-corrected chi connectivity index (χ2v) is 4.77. The van der Waals surface area contributed by atoms with Gasteiger partial charge in [0.05, 0.1) is 11.2 Å². The first-order valence-corrected chi connectivity index (χ1v) is 5.74. The number of rotatable bonds is 5. The molecule has 0 aromatic carbocycles. The number of anilines is 1. The van der Waals surface area contributed by atoms with Crippen molar-refractivity contribution in [1.82, 2.24) is 4.98 Å². The van der Waals surface area contributed by atoms with Gasteiger partial charge in [-0.15, -0.1) is 0 Å². The minimum absolute atomic E-state index is 0.107. The molecule has 0 unspecified atom stereocenters. The number of nitrogens with zero attached hydrogens (tertiary/aromatic N) is 1. The molecule has 0 aliphatic rings. The molecular formula is C12H16F3N3O2. The number of amides is 1. The molecule has 0 radical (unpaired) electrons. The van der Waals surface area contributed by atoms with E-state index in [1.807, 2.05) is 0 Å². The number of methoxy groups -OCH3 is 1. The molecule has 112 valence electrons. The van der Waals surface area contributed by atoms with Gasteiger partial charge in [-0.1, -0.05) is 0 Å². The summed E-state index contributed by atoms with van der Waals surface area (Å²) in [7, 11) is 1.47. The number of hydrogen-bond acceptors (Lipinski definition) is 4. The number of alkyl halides is 3. The average molecular weight is 291 g/mol. The summed E-state index contributed by atoms with van der Waals surface area (Å²) in [6.07, 6.45) is -4.59. The van der Waals surface area contributed by atoms with E-state index >= 15 is 0 Å². The van der Waals surface area contributed by atoms with Crippen LogP contribution in [0.15, 0.2) is 12.1 Å². The van der Waals surface area contributed by atoms with E-state index < -0.39 is 23.4 Å². The average Bonchev–Trinajstić information content (AvgIpc) is 2.35. The van der Waals surface area contributed by atoms with E-state index in [9.17, 15) is 18.0 Å². The fraction of sp³-hybridized carbons (Fsp3) is 0.500. The Balaban J connectivity index is 3.10. The van der Waals surface area contributed by atoms with Gasteiger partial charge in [-0.25, -0.2) is 4.98 Å². The van der Waals surface area contributed by atoms with E-state index in [0.717, 1.165) is 6.07 Å². The van der Waals surface area contributed by atoms with E-state index in [1.165, 1.54) is 7.11 Å². The number of ether oxygens (including phenoxy) is 1. The van der Waals surface area contributed by atoms with Crippen molar-refractivity contribution in [2.24, 2.45) is 5.73 Å². The third-order valence-corrected chi connectivity index (χ3v) is 2.69. The molecule has 0 saturated carbocycles. The number of aromatic nitrogens is 1. The van der Waals surface area contributed by atoms with Crippen molar-refractivity contribution in [2.75, 3.05) is 19.0 Å². The second-order valence-electron chi connectivity index (χ2n) is 4.77. The molecule has 0 atom stereocenters. The molecular weight excluding hydrogens is 275 g/mol. The van der Waals surface area contributed by atoms with Gasteiger partial charge in [0.15, 0.2) is 0 Å². The fourth-order valence-corrected chi connectivity index (χ4v) is 1.32. The number of pyridine rings is 1. The summed E-state index contributed by atoms with van der Waals surface area (Å²) in [6.45, 7) is 3.63.